The monoisotopic (exact) mass is 354 g/mol. The van der Waals surface area contributed by atoms with Crippen LogP contribution in [0.1, 0.15) is 82.1 Å². The molecule has 0 aromatic rings. The van der Waals surface area contributed by atoms with E-state index in [0.29, 0.717) is 18.6 Å². The fraction of sp³-hybridized carbons (Fsp3) is 0.810. The summed E-state index contributed by atoms with van der Waals surface area (Å²) in [6.45, 7) is 23.1. The van der Waals surface area contributed by atoms with E-state index in [1.165, 1.54) is 0 Å². The molecule has 0 N–H and O–H groups in total. The lowest BCUT2D eigenvalue weighted by atomic mass is 9.76. The average Bonchev–Trinajstić information content (AvgIpc) is 2.33. The van der Waals surface area contributed by atoms with Gasteiger partial charge in [0.15, 0.2) is 5.78 Å². The molecule has 146 valence electrons. The molecule has 4 heteroatoms. The summed E-state index contributed by atoms with van der Waals surface area (Å²) in [5.74, 6) is -0.321. The Labute approximate surface area is 154 Å². The Kier molecular flexibility index (Phi) is 7.65. The van der Waals surface area contributed by atoms with Gasteiger partial charge in [-0.15, -0.1) is 0 Å². The topological polar surface area (TPSA) is 52.6 Å². The van der Waals surface area contributed by atoms with Gasteiger partial charge in [0.1, 0.15) is 11.2 Å². The minimum atomic E-state index is -0.919. The molecule has 0 unspecified atom stereocenters. The van der Waals surface area contributed by atoms with Gasteiger partial charge in [0.05, 0.1) is 12.0 Å². The van der Waals surface area contributed by atoms with Gasteiger partial charge in [0.2, 0.25) is 0 Å². The molecule has 0 amide bonds. The minimum absolute atomic E-state index is 0.0444. The summed E-state index contributed by atoms with van der Waals surface area (Å²) in [6, 6.07) is 0. The molecule has 0 fully saturated rings. The molecule has 0 aromatic carbocycles. The zero-order valence-corrected chi connectivity index (χ0v) is 18.0. The first kappa shape index (κ1) is 23.8. The quantitative estimate of drug-likeness (QED) is 0.427. The molecule has 0 spiro atoms. The summed E-state index contributed by atoms with van der Waals surface area (Å²) < 4.78 is 11.5. The van der Waals surface area contributed by atoms with Crippen molar-refractivity contribution in [2.75, 3.05) is 6.61 Å². The second-order valence-electron chi connectivity index (χ2n) is 9.99. The SMILES string of the molecule is C=C(C)C(=O)C(C)(C)OCCC(C)(C)OC(=O)C(C)(C)CC(C)(C)C. The standard InChI is InChI=1S/C21H38O4/c1-15(2)16(22)21(10,11)24-13-12-20(8,9)25-17(23)19(6,7)14-18(3,4)5/h1,12-14H2,2-11H3. The van der Waals surface area contributed by atoms with Crippen LogP contribution >= 0.6 is 0 Å². The van der Waals surface area contributed by atoms with E-state index in [-0.39, 0.29) is 17.2 Å². The fourth-order valence-electron chi connectivity index (χ4n) is 2.97. The lowest BCUT2D eigenvalue weighted by Gasteiger charge is -2.35. The summed E-state index contributed by atoms with van der Waals surface area (Å²) in [5, 5.41) is 0. The van der Waals surface area contributed by atoms with E-state index in [2.05, 4.69) is 27.4 Å². The van der Waals surface area contributed by atoms with Crippen LogP contribution in [0.15, 0.2) is 12.2 Å². The van der Waals surface area contributed by atoms with Crippen LogP contribution in [0, 0.1) is 10.8 Å². The van der Waals surface area contributed by atoms with Gasteiger partial charge < -0.3 is 9.47 Å². The van der Waals surface area contributed by atoms with E-state index in [9.17, 15) is 9.59 Å². The number of Topliss-reactive ketones (excluding diaryl/α,β-unsaturated/α-hetero) is 1. The summed E-state index contributed by atoms with van der Waals surface area (Å²) in [7, 11) is 0. The molecule has 0 aliphatic heterocycles. The number of hydrogen-bond donors (Lipinski definition) is 0. The van der Waals surface area contributed by atoms with Crippen molar-refractivity contribution in [1.82, 2.24) is 0 Å². The van der Waals surface area contributed by atoms with Crippen LogP contribution in [0.3, 0.4) is 0 Å². The van der Waals surface area contributed by atoms with Gasteiger partial charge in [-0.05, 0) is 65.9 Å². The smallest absolute Gasteiger partial charge is 0.312 e. The average molecular weight is 355 g/mol. The van der Waals surface area contributed by atoms with Crippen molar-refractivity contribution in [3.05, 3.63) is 12.2 Å². The second kappa shape index (κ2) is 8.03. The molecule has 0 heterocycles. The number of rotatable bonds is 9. The maximum absolute atomic E-state index is 12.6. The molecule has 0 atom stereocenters. The van der Waals surface area contributed by atoms with Gasteiger partial charge in [-0.3, -0.25) is 9.59 Å². The lowest BCUT2D eigenvalue weighted by molar-refractivity contribution is -0.172. The third-order valence-electron chi connectivity index (χ3n) is 4.00. The van der Waals surface area contributed by atoms with Crippen molar-refractivity contribution < 1.29 is 19.1 Å². The Morgan fingerprint density at radius 3 is 1.80 bits per heavy atom. The molecule has 0 aliphatic rings. The Hall–Kier alpha value is -1.16. The molecule has 25 heavy (non-hydrogen) atoms. The maximum atomic E-state index is 12.6. The van der Waals surface area contributed by atoms with Crippen LogP contribution < -0.4 is 0 Å². The highest BCUT2D eigenvalue weighted by Gasteiger charge is 2.37. The summed E-state index contributed by atoms with van der Waals surface area (Å²) in [6.07, 6.45) is 1.25. The van der Waals surface area contributed by atoms with Crippen molar-refractivity contribution in [1.29, 1.82) is 0 Å². The lowest BCUT2D eigenvalue weighted by Crippen LogP contribution is -2.40. The van der Waals surface area contributed by atoms with Crippen molar-refractivity contribution in [2.45, 2.75) is 93.3 Å². The van der Waals surface area contributed by atoms with E-state index in [0.717, 1.165) is 6.42 Å². The van der Waals surface area contributed by atoms with Crippen LogP contribution in [0.2, 0.25) is 0 Å². The summed E-state index contributed by atoms with van der Waals surface area (Å²) >= 11 is 0. The Morgan fingerprint density at radius 1 is 0.920 bits per heavy atom. The largest absolute Gasteiger partial charge is 0.459 e. The summed E-state index contributed by atoms with van der Waals surface area (Å²) in [4.78, 5) is 24.6. The van der Waals surface area contributed by atoms with Crippen molar-refractivity contribution in [3.63, 3.8) is 0 Å². The zero-order valence-electron chi connectivity index (χ0n) is 18.0. The molecule has 0 bridgehead atoms. The third kappa shape index (κ3) is 8.66. The molecular formula is C21H38O4. The second-order valence-corrected chi connectivity index (χ2v) is 9.99. The van der Waals surface area contributed by atoms with E-state index >= 15 is 0 Å². The number of ether oxygens (including phenoxy) is 2. The van der Waals surface area contributed by atoms with Gasteiger partial charge in [-0.25, -0.2) is 0 Å². The molecule has 0 aliphatic carbocycles. The van der Waals surface area contributed by atoms with E-state index < -0.39 is 16.6 Å². The van der Waals surface area contributed by atoms with Gasteiger partial charge in [-0.2, -0.15) is 0 Å². The Bertz CT molecular complexity index is 504. The first-order valence-corrected chi connectivity index (χ1v) is 8.97. The van der Waals surface area contributed by atoms with Crippen LogP contribution in [-0.2, 0) is 19.1 Å². The maximum Gasteiger partial charge on any atom is 0.312 e. The predicted molar refractivity (Wildman–Crippen MR) is 102 cm³/mol. The van der Waals surface area contributed by atoms with Gasteiger partial charge in [0, 0.05) is 6.42 Å². The van der Waals surface area contributed by atoms with Crippen LogP contribution in [-0.4, -0.2) is 29.6 Å². The number of ketones is 1. The fourth-order valence-corrected chi connectivity index (χ4v) is 2.97. The zero-order chi connectivity index (χ0) is 20.3. The third-order valence-corrected chi connectivity index (χ3v) is 4.00. The first-order valence-electron chi connectivity index (χ1n) is 8.97. The summed E-state index contributed by atoms with van der Waals surface area (Å²) in [5.41, 5.74) is -1.61. The number of carbonyl (C=O) groups excluding carboxylic acids is 2. The Balaban J connectivity index is 4.72. The molecular weight excluding hydrogens is 316 g/mol. The first-order chi connectivity index (χ1) is 10.9. The minimum Gasteiger partial charge on any atom is -0.459 e. The molecule has 0 saturated carbocycles. The molecule has 0 radical (unpaired) electrons. The number of esters is 1. The van der Waals surface area contributed by atoms with Crippen LogP contribution in [0.5, 0.6) is 0 Å². The van der Waals surface area contributed by atoms with Gasteiger partial charge in [-0.1, -0.05) is 27.4 Å². The highest BCUT2D eigenvalue weighted by atomic mass is 16.6. The van der Waals surface area contributed by atoms with Crippen molar-refractivity contribution in [3.8, 4) is 0 Å². The molecule has 0 saturated heterocycles. The van der Waals surface area contributed by atoms with Crippen molar-refractivity contribution >= 4 is 11.8 Å². The number of carbonyl (C=O) groups is 2. The predicted octanol–water partition coefficient (Wildman–Crippen LogP) is 5.10. The molecule has 0 rings (SSSR count). The van der Waals surface area contributed by atoms with Crippen LogP contribution in [0.25, 0.3) is 0 Å². The van der Waals surface area contributed by atoms with E-state index in [1.807, 2.05) is 27.7 Å². The van der Waals surface area contributed by atoms with E-state index in [4.69, 9.17) is 9.47 Å². The van der Waals surface area contributed by atoms with Gasteiger partial charge in [0.25, 0.3) is 0 Å². The normalized spacial score (nSPS) is 13.5. The Morgan fingerprint density at radius 2 is 1.40 bits per heavy atom. The molecule has 4 nitrogen and oxygen atoms in total. The van der Waals surface area contributed by atoms with Gasteiger partial charge >= 0.3 is 5.97 Å². The van der Waals surface area contributed by atoms with Crippen molar-refractivity contribution in [2.24, 2.45) is 10.8 Å². The molecule has 0 aromatic heterocycles. The van der Waals surface area contributed by atoms with E-state index in [1.54, 1.807) is 20.8 Å². The highest BCUT2D eigenvalue weighted by Crippen LogP contribution is 2.35. The number of hydrogen-bond acceptors (Lipinski definition) is 4. The highest BCUT2D eigenvalue weighted by molar-refractivity contribution is 6.00. The van der Waals surface area contributed by atoms with Crippen LogP contribution in [0.4, 0.5) is 0 Å².